The maximum absolute atomic E-state index is 13.5. The zero-order valence-corrected chi connectivity index (χ0v) is 9.62. The van der Waals surface area contributed by atoms with E-state index in [4.69, 9.17) is 5.73 Å². The van der Waals surface area contributed by atoms with Crippen molar-refractivity contribution in [1.29, 1.82) is 0 Å². The molecule has 0 atom stereocenters. The van der Waals surface area contributed by atoms with Gasteiger partial charge >= 0.3 is 0 Å². The maximum atomic E-state index is 13.5. The van der Waals surface area contributed by atoms with E-state index in [9.17, 15) is 17.6 Å². The van der Waals surface area contributed by atoms with Crippen molar-refractivity contribution in [3.8, 4) is 0 Å². The predicted molar refractivity (Wildman–Crippen MR) is 57.4 cm³/mol. The highest BCUT2D eigenvalue weighted by Crippen LogP contribution is 2.25. The number of halogens is 4. The van der Waals surface area contributed by atoms with Gasteiger partial charge in [0.1, 0.15) is 0 Å². The molecule has 0 aliphatic heterocycles. The van der Waals surface area contributed by atoms with E-state index in [1.165, 1.54) is 0 Å². The molecule has 1 aromatic carbocycles. The van der Waals surface area contributed by atoms with Gasteiger partial charge in [-0.3, -0.25) is 0 Å². The van der Waals surface area contributed by atoms with Crippen LogP contribution in [-0.2, 0) is 13.0 Å². The van der Waals surface area contributed by atoms with Gasteiger partial charge in [0.2, 0.25) is 0 Å². The number of unbranched alkanes of at least 4 members (excludes halogenated alkanes) is 2. The summed E-state index contributed by atoms with van der Waals surface area (Å²) in [6.45, 7) is 1.35. The Labute approximate surface area is 97.6 Å². The molecule has 5 heteroatoms. The minimum Gasteiger partial charge on any atom is -0.326 e. The topological polar surface area (TPSA) is 26.0 Å². The first-order valence-electron chi connectivity index (χ1n) is 5.58. The smallest absolute Gasteiger partial charge is 0.166 e. The van der Waals surface area contributed by atoms with Crippen LogP contribution in [-0.4, -0.2) is 0 Å². The molecule has 96 valence electrons. The summed E-state index contributed by atoms with van der Waals surface area (Å²) < 4.78 is 53.7. The maximum Gasteiger partial charge on any atom is 0.166 e. The molecule has 0 saturated heterocycles. The normalized spacial score (nSPS) is 10.9. The monoisotopic (exact) mass is 249 g/mol. The molecule has 0 heterocycles. The molecule has 0 unspecified atom stereocenters. The molecule has 0 amide bonds. The molecule has 1 nitrogen and oxygen atoms in total. The van der Waals surface area contributed by atoms with Crippen molar-refractivity contribution in [1.82, 2.24) is 0 Å². The first kappa shape index (κ1) is 14.0. The Morgan fingerprint density at radius 2 is 1.29 bits per heavy atom. The lowest BCUT2D eigenvalue weighted by molar-refractivity contribution is 0.423. The van der Waals surface area contributed by atoms with Crippen molar-refractivity contribution in [3.05, 3.63) is 34.4 Å². The van der Waals surface area contributed by atoms with Crippen molar-refractivity contribution >= 4 is 0 Å². The minimum absolute atomic E-state index is 0.00972. The average molecular weight is 249 g/mol. The Morgan fingerprint density at radius 3 is 1.71 bits per heavy atom. The zero-order valence-electron chi connectivity index (χ0n) is 9.62. The van der Waals surface area contributed by atoms with E-state index in [-0.39, 0.29) is 6.42 Å². The summed E-state index contributed by atoms with van der Waals surface area (Å²) in [5.74, 6) is -5.39. The summed E-state index contributed by atoms with van der Waals surface area (Å²) in [5, 5.41) is 0. The molecule has 0 aliphatic rings. The van der Waals surface area contributed by atoms with Crippen LogP contribution in [0, 0.1) is 23.3 Å². The van der Waals surface area contributed by atoms with Gasteiger partial charge in [-0.25, -0.2) is 17.6 Å². The second-order valence-electron chi connectivity index (χ2n) is 3.87. The van der Waals surface area contributed by atoms with Crippen LogP contribution in [0.25, 0.3) is 0 Å². The van der Waals surface area contributed by atoms with Crippen molar-refractivity contribution in [2.45, 2.75) is 39.2 Å². The molecule has 0 aliphatic carbocycles. The molecular weight excluding hydrogens is 234 g/mol. The van der Waals surface area contributed by atoms with Crippen LogP contribution in [0.3, 0.4) is 0 Å². The third kappa shape index (κ3) is 2.77. The van der Waals surface area contributed by atoms with Gasteiger partial charge in [-0.15, -0.1) is 0 Å². The molecule has 17 heavy (non-hydrogen) atoms. The van der Waals surface area contributed by atoms with Crippen LogP contribution in [0.2, 0.25) is 0 Å². The van der Waals surface area contributed by atoms with Gasteiger partial charge in [-0.05, 0) is 12.8 Å². The molecule has 0 radical (unpaired) electrons. The second-order valence-corrected chi connectivity index (χ2v) is 3.87. The van der Waals surface area contributed by atoms with Gasteiger partial charge in [0, 0.05) is 17.7 Å². The van der Waals surface area contributed by atoms with Gasteiger partial charge in [-0.1, -0.05) is 19.8 Å². The van der Waals surface area contributed by atoms with Crippen LogP contribution >= 0.6 is 0 Å². The van der Waals surface area contributed by atoms with E-state index in [0.717, 1.165) is 12.8 Å². The van der Waals surface area contributed by atoms with Crippen LogP contribution in [0.15, 0.2) is 0 Å². The predicted octanol–water partition coefficient (Wildman–Crippen LogP) is 3.43. The first-order chi connectivity index (χ1) is 8.04. The summed E-state index contributed by atoms with van der Waals surface area (Å²) >= 11 is 0. The van der Waals surface area contributed by atoms with E-state index in [0.29, 0.717) is 6.42 Å². The Morgan fingerprint density at radius 1 is 0.824 bits per heavy atom. The summed E-state index contributed by atoms with van der Waals surface area (Å²) in [6, 6.07) is 0. The van der Waals surface area contributed by atoms with Gasteiger partial charge in [0.05, 0.1) is 0 Å². The van der Waals surface area contributed by atoms with E-state index in [1.807, 2.05) is 6.92 Å². The number of hydrogen-bond donors (Lipinski definition) is 1. The van der Waals surface area contributed by atoms with E-state index < -0.39 is 40.9 Å². The van der Waals surface area contributed by atoms with Crippen LogP contribution in [0.5, 0.6) is 0 Å². The molecule has 2 N–H and O–H groups in total. The number of nitrogens with two attached hydrogens (primary N) is 1. The van der Waals surface area contributed by atoms with Gasteiger partial charge in [0.25, 0.3) is 0 Å². The lowest BCUT2D eigenvalue weighted by atomic mass is 10.0. The Bertz CT molecular complexity index is 375. The Kier molecular flexibility index (Phi) is 4.93. The molecule has 0 saturated carbocycles. The highest BCUT2D eigenvalue weighted by molar-refractivity contribution is 5.30. The Balaban J connectivity index is 3.13. The third-order valence-corrected chi connectivity index (χ3v) is 2.68. The van der Waals surface area contributed by atoms with Crippen molar-refractivity contribution < 1.29 is 17.6 Å². The zero-order chi connectivity index (χ0) is 13.0. The number of benzene rings is 1. The van der Waals surface area contributed by atoms with E-state index in [2.05, 4.69) is 0 Å². The molecule has 0 bridgehead atoms. The van der Waals surface area contributed by atoms with Gasteiger partial charge in [0.15, 0.2) is 23.3 Å². The summed E-state index contributed by atoms with van der Waals surface area (Å²) in [4.78, 5) is 0. The summed E-state index contributed by atoms with van der Waals surface area (Å²) in [6.07, 6.45) is 2.09. The summed E-state index contributed by atoms with van der Waals surface area (Å²) in [7, 11) is 0. The van der Waals surface area contributed by atoms with Crippen LogP contribution in [0.1, 0.15) is 37.3 Å². The quantitative estimate of drug-likeness (QED) is 0.483. The second kappa shape index (κ2) is 6.00. The molecule has 0 aromatic heterocycles. The highest BCUT2D eigenvalue weighted by Gasteiger charge is 2.23. The standard InChI is InChI=1S/C12H15F4N/c1-2-3-4-5-7-9(13)11(15)8(6-17)12(16)10(7)14/h2-6,17H2,1H3. The van der Waals surface area contributed by atoms with Crippen LogP contribution < -0.4 is 5.73 Å². The average Bonchev–Trinajstić information content (AvgIpc) is 2.32. The Hall–Kier alpha value is -1.10. The fraction of sp³-hybridized carbons (Fsp3) is 0.500. The van der Waals surface area contributed by atoms with Gasteiger partial charge < -0.3 is 5.73 Å². The number of hydrogen-bond acceptors (Lipinski definition) is 1. The van der Waals surface area contributed by atoms with Crippen molar-refractivity contribution in [2.24, 2.45) is 5.73 Å². The van der Waals surface area contributed by atoms with E-state index >= 15 is 0 Å². The van der Waals surface area contributed by atoms with Gasteiger partial charge in [-0.2, -0.15) is 0 Å². The fourth-order valence-electron chi connectivity index (χ4n) is 1.67. The molecule has 0 spiro atoms. The molecule has 1 aromatic rings. The lowest BCUT2D eigenvalue weighted by Gasteiger charge is -2.10. The number of rotatable bonds is 5. The largest absolute Gasteiger partial charge is 0.326 e. The lowest BCUT2D eigenvalue weighted by Crippen LogP contribution is -2.12. The van der Waals surface area contributed by atoms with E-state index in [1.54, 1.807) is 0 Å². The minimum atomic E-state index is -1.38. The van der Waals surface area contributed by atoms with Crippen molar-refractivity contribution in [2.75, 3.05) is 0 Å². The molecule has 1 rings (SSSR count). The molecule has 0 fully saturated rings. The first-order valence-corrected chi connectivity index (χ1v) is 5.58. The fourth-order valence-corrected chi connectivity index (χ4v) is 1.67. The van der Waals surface area contributed by atoms with Crippen LogP contribution in [0.4, 0.5) is 17.6 Å². The highest BCUT2D eigenvalue weighted by atomic mass is 19.2. The van der Waals surface area contributed by atoms with Crippen molar-refractivity contribution in [3.63, 3.8) is 0 Å². The summed E-state index contributed by atoms with van der Waals surface area (Å²) in [5.41, 5.74) is 3.79. The third-order valence-electron chi connectivity index (χ3n) is 2.68. The SMILES string of the molecule is CCCCCc1c(F)c(F)c(CN)c(F)c1F. The molecular formula is C12H15F4N.